The molecule has 0 saturated carbocycles. The number of para-hydroxylation sites is 1. The van der Waals surface area contributed by atoms with E-state index in [0.29, 0.717) is 13.2 Å². The molecule has 1 aromatic heterocycles. The topological polar surface area (TPSA) is 51.6 Å². The standard InChI is InChI=1S/C24H31NO3S/c1-23(2,3)22(26)24(4,5)15-28-14-16-11-12-17(19(13-16)27-6)21-25-18-9-7-8-10-20(18)29-21/h7-13,22,26H,14-15H2,1-6H3. The first-order chi connectivity index (χ1) is 13.6. The fraction of sp³-hybridized carbons (Fsp3) is 0.458. The van der Waals surface area contributed by atoms with E-state index in [1.54, 1.807) is 18.4 Å². The van der Waals surface area contributed by atoms with Crippen LogP contribution in [0.2, 0.25) is 0 Å². The van der Waals surface area contributed by atoms with Gasteiger partial charge in [-0.1, -0.05) is 52.8 Å². The number of aliphatic hydroxyl groups excluding tert-OH is 1. The molecule has 1 heterocycles. The third-order valence-corrected chi connectivity index (χ3v) is 6.16. The van der Waals surface area contributed by atoms with Crippen LogP contribution in [0.15, 0.2) is 42.5 Å². The second-order valence-electron chi connectivity index (χ2n) is 9.27. The predicted octanol–water partition coefficient (Wildman–Crippen LogP) is 5.92. The highest BCUT2D eigenvalue weighted by Gasteiger charge is 2.36. The first kappa shape index (κ1) is 21.8. The first-order valence-electron chi connectivity index (χ1n) is 9.90. The van der Waals surface area contributed by atoms with Crippen molar-refractivity contribution >= 4 is 21.6 Å². The van der Waals surface area contributed by atoms with E-state index >= 15 is 0 Å². The second kappa shape index (κ2) is 8.42. The molecule has 1 N–H and O–H groups in total. The molecule has 156 valence electrons. The van der Waals surface area contributed by atoms with E-state index in [1.807, 2.05) is 65.0 Å². The molecule has 0 saturated heterocycles. The zero-order chi connectivity index (χ0) is 21.2. The lowest BCUT2D eigenvalue weighted by atomic mass is 9.73. The van der Waals surface area contributed by atoms with Crippen LogP contribution in [0.25, 0.3) is 20.8 Å². The lowest BCUT2D eigenvalue weighted by Gasteiger charge is -2.38. The van der Waals surface area contributed by atoms with E-state index in [-0.39, 0.29) is 10.8 Å². The molecular formula is C24H31NO3S. The molecule has 2 aromatic carbocycles. The van der Waals surface area contributed by atoms with Crippen LogP contribution in [0, 0.1) is 10.8 Å². The van der Waals surface area contributed by atoms with E-state index in [0.717, 1.165) is 32.1 Å². The van der Waals surface area contributed by atoms with Crippen molar-refractivity contribution in [2.75, 3.05) is 13.7 Å². The summed E-state index contributed by atoms with van der Waals surface area (Å²) >= 11 is 1.66. The van der Waals surface area contributed by atoms with Gasteiger partial charge in [-0.2, -0.15) is 0 Å². The summed E-state index contributed by atoms with van der Waals surface area (Å²) in [6.45, 7) is 11.2. The number of methoxy groups -OCH3 is 1. The van der Waals surface area contributed by atoms with Gasteiger partial charge in [-0.15, -0.1) is 11.3 Å². The van der Waals surface area contributed by atoms with Crippen molar-refractivity contribution in [2.24, 2.45) is 10.8 Å². The van der Waals surface area contributed by atoms with Crippen LogP contribution in [0.3, 0.4) is 0 Å². The van der Waals surface area contributed by atoms with E-state index in [9.17, 15) is 5.11 Å². The number of ether oxygens (including phenoxy) is 2. The van der Waals surface area contributed by atoms with Crippen molar-refractivity contribution in [2.45, 2.75) is 47.3 Å². The van der Waals surface area contributed by atoms with Crippen molar-refractivity contribution < 1.29 is 14.6 Å². The van der Waals surface area contributed by atoms with Crippen molar-refractivity contribution in [3.05, 3.63) is 48.0 Å². The van der Waals surface area contributed by atoms with E-state index in [2.05, 4.69) is 12.1 Å². The lowest BCUT2D eigenvalue weighted by molar-refractivity contribution is -0.0772. The van der Waals surface area contributed by atoms with Gasteiger partial charge in [0.25, 0.3) is 0 Å². The van der Waals surface area contributed by atoms with Gasteiger partial charge < -0.3 is 14.6 Å². The molecule has 3 rings (SSSR count). The number of rotatable bonds is 7. The van der Waals surface area contributed by atoms with Gasteiger partial charge in [-0.25, -0.2) is 4.98 Å². The fourth-order valence-corrected chi connectivity index (χ4v) is 4.67. The van der Waals surface area contributed by atoms with Gasteiger partial charge in [0, 0.05) is 5.41 Å². The van der Waals surface area contributed by atoms with E-state index in [1.165, 1.54) is 0 Å². The highest BCUT2D eigenvalue weighted by molar-refractivity contribution is 7.21. The molecular weight excluding hydrogens is 382 g/mol. The monoisotopic (exact) mass is 413 g/mol. The third kappa shape index (κ3) is 4.97. The van der Waals surface area contributed by atoms with E-state index in [4.69, 9.17) is 14.5 Å². The third-order valence-electron chi connectivity index (χ3n) is 5.09. The molecule has 3 aromatic rings. The van der Waals surface area contributed by atoms with Gasteiger partial charge in [0.1, 0.15) is 10.8 Å². The van der Waals surface area contributed by atoms with E-state index < -0.39 is 6.10 Å². The minimum atomic E-state index is -0.453. The molecule has 0 aliphatic rings. The van der Waals surface area contributed by atoms with Crippen molar-refractivity contribution in [3.8, 4) is 16.3 Å². The number of aliphatic hydroxyl groups is 1. The number of hydrogen-bond donors (Lipinski definition) is 1. The van der Waals surface area contributed by atoms with Gasteiger partial charge in [0.15, 0.2) is 0 Å². The van der Waals surface area contributed by atoms with Crippen LogP contribution in [-0.4, -0.2) is 29.9 Å². The van der Waals surface area contributed by atoms with Crippen LogP contribution >= 0.6 is 11.3 Å². The molecule has 5 heteroatoms. The SMILES string of the molecule is COc1cc(COCC(C)(C)C(O)C(C)(C)C)ccc1-c1nc2ccccc2s1. The summed E-state index contributed by atoms with van der Waals surface area (Å²) in [5.41, 5.74) is 2.51. The smallest absolute Gasteiger partial charge is 0.129 e. The minimum absolute atomic E-state index is 0.186. The number of aromatic nitrogens is 1. The van der Waals surface area contributed by atoms with Crippen LogP contribution in [-0.2, 0) is 11.3 Å². The average molecular weight is 414 g/mol. The number of hydrogen-bond acceptors (Lipinski definition) is 5. The lowest BCUT2D eigenvalue weighted by Crippen LogP contribution is -2.42. The Morgan fingerprint density at radius 2 is 1.79 bits per heavy atom. The van der Waals surface area contributed by atoms with Gasteiger partial charge in [-0.3, -0.25) is 0 Å². The van der Waals surface area contributed by atoms with Crippen LogP contribution in [0.5, 0.6) is 5.75 Å². The summed E-state index contributed by atoms with van der Waals surface area (Å²) in [5.74, 6) is 0.791. The molecule has 4 nitrogen and oxygen atoms in total. The molecule has 0 aliphatic heterocycles. The second-order valence-corrected chi connectivity index (χ2v) is 10.3. The predicted molar refractivity (Wildman–Crippen MR) is 121 cm³/mol. The average Bonchev–Trinajstić information content (AvgIpc) is 3.10. The largest absolute Gasteiger partial charge is 0.496 e. The number of nitrogens with zero attached hydrogens (tertiary/aromatic N) is 1. The highest BCUT2D eigenvalue weighted by Crippen LogP contribution is 2.37. The Labute approximate surface area is 177 Å². The molecule has 0 radical (unpaired) electrons. The van der Waals surface area contributed by atoms with Crippen LogP contribution < -0.4 is 4.74 Å². The molecule has 0 spiro atoms. The Kier molecular flexibility index (Phi) is 6.32. The van der Waals surface area contributed by atoms with Crippen molar-refractivity contribution in [1.29, 1.82) is 0 Å². The van der Waals surface area contributed by atoms with Crippen molar-refractivity contribution in [1.82, 2.24) is 4.98 Å². The molecule has 0 amide bonds. The Morgan fingerprint density at radius 3 is 2.45 bits per heavy atom. The molecule has 1 unspecified atom stereocenters. The molecule has 0 fully saturated rings. The number of fused-ring (bicyclic) bond motifs is 1. The molecule has 0 bridgehead atoms. The maximum Gasteiger partial charge on any atom is 0.129 e. The van der Waals surface area contributed by atoms with Gasteiger partial charge in [0.05, 0.1) is 42.2 Å². The number of benzene rings is 2. The zero-order valence-electron chi connectivity index (χ0n) is 18.2. The van der Waals surface area contributed by atoms with Gasteiger partial charge >= 0.3 is 0 Å². The minimum Gasteiger partial charge on any atom is -0.496 e. The maximum absolute atomic E-state index is 10.6. The summed E-state index contributed by atoms with van der Waals surface area (Å²) in [4.78, 5) is 4.74. The molecule has 1 atom stereocenters. The quantitative estimate of drug-likeness (QED) is 0.522. The molecule has 0 aliphatic carbocycles. The Bertz CT molecular complexity index is 939. The zero-order valence-corrected chi connectivity index (χ0v) is 19.0. The fourth-order valence-electron chi connectivity index (χ4n) is 3.67. The highest BCUT2D eigenvalue weighted by atomic mass is 32.1. The Balaban J connectivity index is 1.72. The molecule has 29 heavy (non-hydrogen) atoms. The van der Waals surface area contributed by atoms with Crippen LogP contribution in [0.4, 0.5) is 0 Å². The van der Waals surface area contributed by atoms with Gasteiger partial charge in [-0.05, 0) is 35.2 Å². The summed E-state index contributed by atoms with van der Waals surface area (Å²) in [6, 6.07) is 14.2. The number of thiazole rings is 1. The summed E-state index contributed by atoms with van der Waals surface area (Å²) in [6.07, 6.45) is -0.453. The van der Waals surface area contributed by atoms with Crippen molar-refractivity contribution in [3.63, 3.8) is 0 Å². The summed E-state index contributed by atoms with van der Waals surface area (Å²) in [5, 5.41) is 11.6. The first-order valence-corrected chi connectivity index (χ1v) is 10.7. The Hall–Kier alpha value is -1.95. The summed E-state index contributed by atoms with van der Waals surface area (Å²) in [7, 11) is 1.68. The maximum atomic E-state index is 10.6. The normalized spacial score (nSPS) is 13.6. The van der Waals surface area contributed by atoms with Gasteiger partial charge in [0.2, 0.25) is 0 Å². The Morgan fingerprint density at radius 1 is 1.07 bits per heavy atom. The van der Waals surface area contributed by atoms with Crippen LogP contribution in [0.1, 0.15) is 40.2 Å². The summed E-state index contributed by atoms with van der Waals surface area (Å²) < 4.78 is 12.8.